The van der Waals surface area contributed by atoms with Gasteiger partial charge in [0, 0.05) is 62.8 Å². The van der Waals surface area contributed by atoms with E-state index in [1.165, 1.54) is 64.3 Å². The summed E-state index contributed by atoms with van der Waals surface area (Å²) < 4.78 is 44.0. The van der Waals surface area contributed by atoms with Crippen LogP contribution in [0.3, 0.4) is 0 Å². The normalized spacial score (nSPS) is 19.5. The lowest BCUT2D eigenvalue weighted by Gasteiger charge is -2.29. The summed E-state index contributed by atoms with van der Waals surface area (Å²) >= 11 is 0. The monoisotopic (exact) mass is 1670 g/mol. The van der Waals surface area contributed by atoms with E-state index in [4.69, 9.17) is 33.1 Å². The van der Waals surface area contributed by atoms with Crippen molar-refractivity contribution in [2.75, 3.05) is 67.3 Å². The van der Waals surface area contributed by atoms with Crippen LogP contribution in [0.5, 0.6) is 0 Å². The van der Waals surface area contributed by atoms with Crippen molar-refractivity contribution in [2.45, 2.75) is 164 Å². The van der Waals surface area contributed by atoms with Crippen LogP contribution in [0.15, 0.2) is 102 Å². The summed E-state index contributed by atoms with van der Waals surface area (Å²) in [5.41, 5.74) is 26.9. The molecule has 37 nitrogen and oxygen atoms in total. The Morgan fingerprint density at radius 1 is 0.690 bits per heavy atom. The Bertz CT molecular complexity index is 4610. The first-order valence-electron chi connectivity index (χ1n) is 37.4. The Labute approximate surface area is 679 Å². The number of carbonyl (C=O) groups excluding carboxylic acids is 11. The maximum atomic E-state index is 16.4. The zero-order valence-electron chi connectivity index (χ0n) is 65.9. The topological polar surface area (TPSA) is 566 Å². The molecular formula is C75H105FN22O15S3. The molecule has 12 amide bonds. The molecule has 0 aliphatic carbocycles. The molecular weight excluding hydrogens is 1560 g/mol. The second-order valence-electron chi connectivity index (χ2n) is 28.3. The number of aliphatic hydroxyl groups excluding tert-OH is 2. The SMILES string of the molecule is Cc1ccc(N(C(=O)N(C)c2c(F)cccc2CSSCC(=O)N[C@H](C(=O)N[C@H](CCN)C(=O)N[C@H]2CCNC(=O)[C@@H]([C@@H](C)O)NC(=O)[C@@H](CCN)NC(=O)[C@@H](CCN)NC(=O)[C@@H](CC(C)C)NC(=O)[C@@H](Cc3ccccc3)NC(=O)[C@@H](CCN)NC2=O)[C@@H](C)O)c2nccc(N(C)c3ccc4c(C)n(C)nc4c3)n2)cc1S(N)(=O)=O. The van der Waals surface area contributed by atoms with Crippen LogP contribution in [0, 0.1) is 25.6 Å². The summed E-state index contributed by atoms with van der Waals surface area (Å²) in [5.74, 6) is -11.1. The van der Waals surface area contributed by atoms with Gasteiger partial charge < -0.3 is 91.2 Å². The largest absolute Gasteiger partial charge is 0.391 e. The fraction of sp³-hybridized carbons (Fsp3) is 0.467. The first-order valence-corrected chi connectivity index (χ1v) is 41.5. The van der Waals surface area contributed by atoms with Gasteiger partial charge in [-0.25, -0.2) is 32.6 Å². The molecule has 0 saturated carbocycles. The standard InChI is InChI=1S/C75H105FN22O15S3/c1-40(2)34-57-70(107)86-51(22-28-77)65(102)85-54(25-31-80)69(106)93-62(43(5)99)72(109)82-32-26-55(68(105)84-52(23-29-78)67(104)90-58(71(108)89-57)35-45-14-11-10-12-15-45)87-66(103)53(24-30-79)88-73(110)63(44(6)100)92-61(101)39-115-114-38-46-16-13-17-50(76)64(46)96(8)75(111)98(48-19-18-41(3)59(37-48)116(81,112)113)74-83-33-27-60(91-74)95(7)47-20-21-49-42(4)97(9)94-56(49)36-47/h10-21,27,33,36-37,40,43-44,51-55,57-58,62-63,99-100H,22-26,28-32,34-35,38-39,77-80H2,1-9H3,(H,82,109)(H,84,105)(H,85,102)(H,86,107)(H,87,103)(H,88,110)(H,89,108)(H,90,104)(H,92,101)(H,93,106)(H2,81,112,113)/t43-,44-,51-,52-,53-,54-,55+,57-,58-,62-,63+/m1/s1. The zero-order valence-corrected chi connectivity index (χ0v) is 68.3. The number of hydrogen-bond donors (Lipinski definition) is 17. The molecule has 2 aromatic heterocycles. The molecule has 1 aliphatic rings. The highest BCUT2D eigenvalue weighted by atomic mass is 33.1. The van der Waals surface area contributed by atoms with E-state index in [2.05, 4.69) is 63.3 Å². The molecule has 0 bridgehead atoms. The first kappa shape index (κ1) is 92.7. The highest BCUT2D eigenvalue weighted by molar-refractivity contribution is 8.76. The number of nitrogens with two attached hydrogens (primary N) is 5. The Morgan fingerprint density at radius 2 is 1.28 bits per heavy atom. The molecule has 22 N–H and O–H groups in total. The van der Waals surface area contributed by atoms with Crippen molar-refractivity contribution in [1.29, 1.82) is 0 Å². The first-order chi connectivity index (χ1) is 55.0. The van der Waals surface area contributed by atoms with Crippen molar-refractivity contribution in [3.63, 3.8) is 0 Å². The lowest BCUT2D eigenvalue weighted by molar-refractivity contribution is -0.136. The van der Waals surface area contributed by atoms with E-state index in [0.717, 1.165) is 48.5 Å². The molecule has 116 heavy (non-hydrogen) atoms. The van der Waals surface area contributed by atoms with Gasteiger partial charge in [-0.1, -0.05) is 84.0 Å². The third-order valence-electron chi connectivity index (χ3n) is 18.9. The number of urea groups is 1. The number of carbonyl (C=O) groups is 11. The number of aromatic nitrogens is 4. The number of aliphatic hydroxyl groups is 2. The molecule has 3 heterocycles. The van der Waals surface area contributed by atoms with Crippen molar-refractivity contribution in [3.05, 3.63) is 125 Å². The van der Waals surface area contributed by atoms with Gasteiger partial charge in [-0.3, -0.25) is 57.5 Å². The minimum Gasteiger partial charge on any atom is -0.391 e. The number of primary sulfonamides is 1. The van der Waals surface area contributed by atoms with E-state index in [1.54, 1.807) is 66.9 Å². The molecule has 0 unspecified atom stereocenters. The number of amides is 12. The van der Waals surface area contributed by atoms with Crippen LogP contribution >= 0.6 is 21.6 Å². The number of sulfonamides is 1. The zero-order chi connectivity index (χ0) is 85.4. The molecule has 7 rings (SSSR count). The number of fused-ring (bicyclic) bond motifs is 1. The number of rotatable bonds is 30. The van der Waals surface area contributed by atoms with E-state index in [-0.39, 0.29) is 110 Å². The van der Waals surface area contributed by atoms with Gasteiger partial charge in [0.1, 0.15) is 66.0 Å². The molecule has 1 aliphatic heterocycles. The number of para-hydroxylation sites is 1. The van der Waals surface area contributed by atoms with Gasteiger partial charge in [0.15, 0.2) is 0 Å². The van der Waals surface area contributed by atoms with Crippen molar-refractivity contribution >= 4 is 136 Å². The van der Waals surface area contributed by atoms with Crippen LogP contribution in [0.1, 0.15) is 88.6 Å². The number of nitrogens with zero attached hydrogens (tertiary/aromatic N) is 7. The van der Waals surface area contributed by atoms with Crippen LogP contribution in [0.4, 0.5) is 38.0 Å². The maximum absolute atomic E-state index is 16.4. The van der Waals surface area contributed by atoms with Gasteiger partial charge in [-0.15, -0.1) is 0 Å². The lowest BCUT2D eigenvalue weighted by atomic mass is 10.00. The van der Waals surface area contributed by atoms with Gasteiger partial charge in [0.2, 0.25) is 75.0 Å². The second-order valence-corrected chi connectivity index (χ2v) is 32.3. The maximum Gasteiger partial charge on any atom is 0.335 e. The molecule has 41 heteroatoms. The fourth-order valence-electron chi connectivity index (χ4n) is 12.5. The summed E-state index contributed by atoms with van der Waals surface area (Å²) in [6.07, 6.45) is -3.46. The van der Waals surface area contributed by atoms with Crippen LogP contribution in [-0.2, 0) is 77.2 Å². The van der Waals surface area contributed by atoms with Crippen LogP contribution < -0.4 is 95.9 Å². The quantitative estimate of drug-likeness (QED) is 0.0193. The molecule has 630 valence electrons. The Morgan fingerprint density at radius 3 is 1.89 bits per heavy atom. The summed E-state index contributed by atoms with van der Waals surface area (Å²) in [6, 6.07) is 8.86. The molecule has 1 fully saturated rings. The molecule has 0 radical (unpaired) electrons. The molecule has 4 aromatic carbocycles. The average molecular weight is 1670 g/mol. The van der Waals surface area contributed by atoms with Crippen molar-refractivity contribution < 1.29 is 75.8 Å². The Hall–Kier alpha value is -10.5. The molecule has 6 aromatic rings. The smallest absolute Gasteiger partial charge is 0.335 e. The molecule has 1 saturated heterocycles. The summed E-state index contributed by atoms with van der Waals surface area (Å²) in [6.45, 7) is 8.02. The Balaban J connectivity index is 1.09. The van der Waals surface area contributed by atoms with Crippen LogP contribution in [0.2, 0.25) is 0 Å². The lowest BCUT2D eigenvalue weighted by Crippen LogP contribution is -2.61. The van der Waals surface area contributed by atoms with E-state index >= 15 is 9.18 Å². The highest BCUT2D eigenvalue weighted by Gasteiger charge is 2.39. The van der Waals surface area contributed by atoms with E-state index in [1.807, 2.05) is 32.2 Å². The average Bonchev–Trinajstić information content (AvgIpc) is 1.07. The highest BCUT2D eigenvalue weighted by Crippen LogP contribution is 2.36. The minimum absolute atomic E-state index is 0.0167. The predicted octanol–water partition coefficient (Wildman–Crippen LogP) is -0.861. The number of nitrogens with one attached hydrogen (secondary N) is 10. The summed E-state index contributed by atoms with van der Waals surface area (Å²) in [5, 5.41) is 58.6. The number of anilines is 5. The number of aryl methyl sites for hydroxylation is 3. The van der Waals surface area contributed by atoms with E-state index < -0.39 is 166 Å². The van der Waals surface area contributed by atoms with Gasteiger partial charge in [-0.2, -0.15) is 10.1 Å². The van der Waals surface area contributed by atoms with E-state index in [0.29, 0.717) is 22.6 Å². The van der Waals surface area contributed by atoms with Crippen molar-refractivity contribution in [3.8, 4) is 0 Å². The van der Waals surface area contributed by atoms with Crippen LogP contribution in [-0.4, -0.2) is 223 Å². The van der Waals surface area contributed by atoms with E-state index in [9.17, 15) is 66.6 Å². The van der Waals surface area contributed by atoms with Gasteiger partial charge in [0.25, 0.3) is 0 Å². The predicted molar refractivity (Wildman–Crippen MR) is 437 cm³/mol. The fourth-order valence-corrected chi connectivity index (χ4v) is 15.3. The second kappa shape index (κ2) is 43.5. The number of benzene rings is 4. The summed E-state index contributed by atoms with van der Waals surface area (Å²) in [4.78, 5) is 170. The Kier molecular flexibility index (Phi) is 34.7. The molecule has 11 atom stereocenters. The number of hydrogen-bond acceptors (Lipinski definition) is 25. The van der Waals surface area contributed by atoms with Crippen molar-refractivity contribution in [2.24, 2.45) is 41.0 Å². The number of halogens is 1. The third kappa shape index (κ3) is 25.5. The third-order valence-corrected chi connectivity index (χ3v) is 22.1. The van der Waals surface area contributed by atoms with Gasteiger partial charge in [0.05, 0.1) is 39.7 Å². The summed E-state index contributed by atoms with van der Waals surface area (Å²) in [7, 11) is 2.46. The minimum atomic E-state index is -4.37. The molecule has 0 spiro atoms. The van der Waals surface area contributed by atoms with Crippen molar-refractivity contribution in [1.82, 2.24) is 72.9 Å². The van der Waals surface area contributed by atoms with Gasteiger partial charge >= 0.3 is 6.03 Å². The van der Waals surface area contributed by atoms with Crippen LogP contribution in [0.25, 0.3) is 10.9 Å². The van der Waals surface area contributed by atoms with Gasteiger partial charge in [-0.05, 0) is 157 Å².